The largest absolute Gasteiger partial charge is 0.493 e. The predicted octanol–water partition coefficient (Wildman–Crippen LogP) is 4.47. The summed E-state index contributed by atoms with van der Waals surface area (Å²) in [7, 11) is 1.61. The average molecular weight is 417 g/mol. The molecule has 0 fully saturated rings. The van der Waals surface area contributed by atoms with Crippen LogP contribution in [0.2, 0.25) is 0 Å². The summed E-state index contributed by atoms with van der Waals surface area (Å²) in [6.07, 6.45) is 5.10. The molecule has 0 unspecified atom stereocenters. The van der Waals surface area contributed by atoms with Crippen LogP contribution in [0.15, 0.2) is 78.2 Å². The van der Waals surface area contributed by atoms with Gasteiger partial charge in [-0.05, 0) is 53.7 Å². The fourth-order valence-electron chi connectivity index (χ4n) is 2.83. The van der Waals surface area contributed by atoms with E-state index in [4.69, 9.17) is 21.7 Å². The van der Waals surface area contributed by atoms with Gasteiger partial charge in [0.25, 0.3) is 0 Å². The molecule has 2 aromatic heterocycles. The molecule has 0 spiro atoms. The van der Waals surface area contributed by atoms with Gasteiger partial charge in [-0.15, -0.1) is 0 Å². The van der Waals surface area contributed by atoms with Crippen molar-refractivity contribution in [3.8, 4) is 22.9 Å². The number of nitrogens with one attached hydrogen (secondary N) is 1. The van der Waals surface area contributed by atoms with E-state index >= 15 is 0 Å². The Balaban J connectivity index is 1.59. The number of benzene rings is 2. The number of aromatic amines is 1. The maximum atomic E-state index is 5.97. The Morgan fingerprint density at radius 2 is 1.97 bits per heavy atom. The average Bonchev–Trinajstić information content (AvgIpc) is 3.18. The number of hydrogen-bond donors (Lipinski definition) is 1. The lowest BCUT2D eigenvalue weighted by Gasteiger charge is -2.11. The Bertz CT molecular complexity index is 1200. The van der Waals surface area contributed by atoms with Crippen LogP contribution < -0.4 is 9.47 Å². The fraction of sp³-hybridized carbons (Fsp3) is 0.0909. The van der Waals surface area contributed by atoms with Crippen LogP contribution in [-0.4, -0.2) is 33.2 Å². The molecule has 1 N–H and O–H groups in total. The Morgan fingerprint density at radius 3 is 2.73 bits per heavy atom. The summed E-state index contributed by atoms with van der Waals surface area (Å²) in [5.41, 5.74) is 2.71. The Morgan fingerprint density at radius 1 is 1.10 bits per heavy atom. The van der Waals surface area contributed by atoms with Crippen molar-refractivity contribution in [3.05, 3.63) is 89.0 Å². The number of H-pyrrole nitrogens is 1. The molecule has 8 heteroatoms. The van der Waals surface area contributed by atoms with Crippen LogP contribution in [0.3, 0.4) is 0 Å². The van der Waals surface area contributed by atoms with Crippen molar-refractivity contribution in [2.24, 2.45) is 5.10 Å². The monoisotopic (exact) mass is 417 g/mol. The molecule has 0 saturated carbocycles. The van der Waals surface area contributed by atoms with Gasteiger partial charge in [0.2, 0.25) is 4.77 Å². The maximum Gasteiger partial charge on any atom is 0.216 e. The minimum absolute atomic E-state index is 0.388. The lowest BCUT2D eigenvalue weighted by molar-refractivity contribution is 0.284. The number of ether oxygens (including phenoxy) is 2. The topological polar surface area (TPSA) is 77.3 Å². The van der Waals surface area contributed by atoms with Crippen LogP contribution in [0.4, 0.5) is 0 Å². The molecule has 0 saturated heterocycles. The van der Waals surface area contributed by atoms with Gasteiger partial charge in [0.05, 0.1) is 13.3 Å². The number of rotatable bonds is 7. The molecular formula is C22H19N5O2S. The Labute approximate surface area is 178 Å². The SMILES string of the molecule is COc1ccc(C=Nn2c(-c3cccnc3)n[nH]c2=S)cc1OCc1ccccc1. The molecule has 0 aliphatic rings. The molecule has 0 amide bonds. The predicted molar refractivity (Wildman–Crippen MR) is 117 cm³/mol. The van der Waals surface area contributed by atoms with E-state index in [0.717, 1.165) is 16.7 Å². The third-order valence-corrected chi connectivity index (χ3v) is 4.58. The van der Waals surface area contributed by atoms with Crippen LogP contribution in [0.5, 0.6) is 11.5 Å². The second kappa shape index (κ2) is 9.15. The zero-order valence-electron chi connectivity index (χ0n) is 16.2. The highest BCUT2D eigenvalue weighted by Crippen LogP contribution is 2.28. The molecule has 30 heavy (non-hydrogen) atoms. The number of nitrogens with zero attached hydrogens (tertiary/aromatic N) is 4. The summed E-state index contributed by atoms with van der Waals surface area (Å²) in [6.45, 7) is 0.440. The first-order valence-electron chi connectivity index (χ1n) is 9.21. The van der Waals surface area contributed by atoms with Crippen LogP contribution in [0, 0.1) is 4.77 Å². The van der Waals surface area contributed by atoms with E-state index in [-0.39, 0.29) is 0 Å². The minimum Gasteiger partial charge on any atom is -0.493 e. The van der Waals surface area contributed by atoms with Crippen molar-refractivity contribution in [2.45, 2.75) is 6.61 Å². The number of pyridine rings is 1. The van der Waals surface area contributed by atoms with Crippen molar-refractivity contribution in [2.75, 3.05) is 7.11 Å². The fourth-order valence-corrected chi connectivity index (χ4v) is 3.01. The molecule has 4 aromatic rings. The summed E-state index contributed by atoms with van der Waals surface area (Å²) in [5.74, 6) is 1.87. The van der Waals surface area contributed by atoms with Gasteiger partial charge in [-0.1, -0.05) is 30.3 Å². The van der Waals surface area contributed by atoms with E-state index in [1.165, 1.54) is 0 Å². The highest BCUT2D eigenvalue weighted by Gasteiger charge is 2.09. The summed E-state index contributed by atoms with van der Waals surface area (Å²) in [5, 5.41) is 11.5. The third kappa shape index (κ3) is 4.44. The molecule has 0 bridgehead atoms. The molecule has 150 valence electrons. The lowest BCUT2D eigenvalue weighted by Crippen LogP contribution is -1.99. The first-order chi connectivity index (χ1) is 14.7. The third-order valence-electron chi connectivity index (χ3n) is 4.32. The molecule has 0 atom stereocenters. The molecule has 7 nitrogen and oxygen atoms in total. The van der Waals surface area contributed by atoms with E-state index in [0.29, 0.717) is 28.7 Å². The quantitative estimate of drug-likeness (QED) is 0.355. The summed E-state index contributed by atoms with van der Waals surface area (Å²) >= 11 is 5.32. The van der Waals surface area contributed by atoms with Crippen molar-refractivity contribution in [3.63, 3.8) is 0 Å². The van der Waals surface area contributed by atoms with Gasteiger partial charge in [-0.25, -0.2) is 5.10 Å². The lowest BCUT2D eigenvalue weighted by atomic mass is 10.2. The normalized spacial score (nSPS) is 11.0. The molecule has 2 aromatic carbocycles. The van der Waals surface area contributed by atoms with Gasteiger partial charge in [-0.2, -0.15) is 14.9 Å². The van der Waals surface area contributed by atoms with Gasteiger partial charge in [0.15, 0.2) is 17.3 Å². The van der Waals surface area contributed by atoms with E-state index in [1.807, 2.05) is 60.7 Å². The molecular weight excluding hydrogens is 398 g/mol. The van der Waals surface area contributed by atoms with Gasteiger partial charge >= 0.3 is 0 Å². The first-order valence-corrected chi connectivity index (χ1v) is 9.62. The van der Waals surface area contributed by atoms with Crippen LogP contribution in [0.25, 0.3) is 11.4 Å². The number of methoxy groups -OCH3 is 1. The Kier molecular flexibility index (Phi) is 5.95. The van der Waals surface area contributed by atoms with Gasteiger partial charge in [0.1, 0.15) is 6.61 Å². The van der Waals surface area contributed by atoms with E-state index < -0.39 is 0 Å². The Hall–Kier alpha value is -3.78. The number of hydrogen-bond acceptors (Lipinski definition) is 6. The van der Waals surface area contributed by atoms with Crippen LogP contribution in [-0.2, 0) is 6.61 Å². The summed E-state index contributed by atoms with van der Waals surface area (Å²) in [6, 6.07) is 19.3. The van der Waals surface area contributed by atoms with Crippen molar-refractivity contribution < 1.29 is 9.47 Å². The van der Waals surface area contributed by atoms with E-state index in [9.17, 15) is 0 Å². The molecule has 0 aliphatic heterocycles. The maximum absolute atomic E-state index is 5.97. The van der Waals surface area contributed by atoms with Gasteiger partial charge < -0.3 is 9.47 Å². The van der Waals surface area contributed by atoms with E-state index in [2.05, 4.69) is 20.3 Å². The zero-order valence-corrected chi connectivity index (χ0v) is 17.0. The van der Waals surface area contributed by atoms with E-state index in [1.54, 1.807) is 30.4 Å². The minimum atomic E-state index is 0.388. The zero-order chi connectivity index (χ0) is 20.8. The second-order valence-electron chi connectivity index (χ2n) is 6.34. The molecule has 0 radical (unpaired) electrons. The highest BCUT2D eigenvalue weighted by molar-refractivity contribution is 7.71. The highest BCUT2D eigenvalue weighted by atomic mass is 32.1. The standard InChI is InChI=1S/C22H19N5O2S/c1-28-19-10-9-17(12-20(19)29-15-16-6-3-2-4-7-16)13-24-27-21(25-26-22(27)30)18-8-5-11-23-14-18/h2-14H,15H2,1H3,(H,26,30). The first kappa shape index (κ1) is 19.5. The summed E-state index contributed by atoms with van der Waals surface area (Å²) < 4.78 is 13.3. The second-order valence-corrected chi connectivity index (χ2v) is 6.72. The van der Waals surface area contributed by atoms with Crippen molar-refractivity contribution in [1.29, 1.82) is 0 Å². The molecule has 4 rings (SSSR count). The van der Waals surface area contributed by atoms with Crippen LogP contribution in [0.1, 0.15) is 11.1 Å². The van der Waals surface area contributed by atoms with Crippen molar-refractivity contribution in [1.82, 2.24) is 19.9 Å². The molecule has 2 heterocycles. The molecule has 0 aliphatic carbocycles. The van der Waals surface area contributed by atoms with Gasteiger partial charge in [-0.3, -0.25) is 4.98 Å². The number of aromatic nitrogens is 4. The smallest absolute Gasteiger partial charge is 0.216 e. The van der Waals surface area contributed by atoms with Crippen molar-refractivity contribution >= 4 is 18.4 Å². The summed E-state index contributed by atoms with van der Waals surface area (Å²) in [4.78, 5) is 4.12. The van der Waals surface area contributed by atoms with Gasteiger partial charge in [0, 0.05) is 18.0 Å². The van der Waals surface area contributed by atoms with Crippen LogP contribution >= 0.6 is 12.2 Å².